The Morgan fingerprint density at radius 3 is 2.80 bits per heavy atom. The summed E-state index contributed by atoms with van der Waals surface area (Å²) in [6.07, 6.45) is 3.95. The molecule has 0 saturated heterocycles. The van der Waals surface area contributed by atoms with Gasteiger partial charge in [-0.1, -0.05) is 12.1 Å². The van der Waals surface area contributed by atoms with Crippen LogP contribution in [-0.2, 0) is 10.2 Å². The van der Waals surface area contributed by atoms with Crippen LogP contribution in [0, 0.1) is 0 Å². The van der Waals surface area contributed by atoms with Crippen molar-refractivity contribution in [2.75, 3.05) is 0 Å². The summed E-state index contributed by atoms with van der Waals surface area (Å²) in [7, 11) is 0. The van der Waals surface area contributed by atoms with Crippen LogP contribution in [0.3, 0.4) is 0 Å². The smallest absolute Gasteiger partial charge is 0.140 e. The highest BCUT2D eigenvalue weighted by Crippen LogP contribution is 2.50. The molecule has 76 valence electrons. The Labute approximate surface area is 88.3 Å². The van der Waals surface area contributed by atoms with Crippen LogP contribution in [0.25, 0.3) is 10.9 Å². The summed E-state index contributed by atoms with van der Waals surface area (Å²) in [5, 5.41) is 1.20. The maximum Gasteiger partial charge on any atom is 0.140 e. The van der Waals surface area contributed by atoms with Crippen molar-refractivity contribution in [3.8, 4) is 0 Å². The maximum absolute atomic E-state index is 11.7. The van der Waals surface area contributed by atoms with E-state index in [4.69, 9.17) is 0 Å². The lowest BCUT2D eigenvalue weighted by Crippen LogP contribution is -2.16. The van der Waals surface area contributed by atoms with E-state index >= 15 is 0 Å². The van der Waals surface area contributed by atoms with Gasteiger partial charge in [0.25, 0.3) is 0 Å². The Bertz CT molecular complexity index is 534. The molecule has 1 aliphatic rings. The van der Waals surface area contributed by atoms with Crippen molar-refractivity contribution in [2.24, 2.45) is 0 Å². The number of Topliss-reactive ketones (excluding diaryl/α,β-unsaturated/α-hetero) is 1. The van der Waals surface area contributed by atoms with Gasteiger partial charge < -0.3 is 4.98 Å². The lowest BCUT2D eigenvalue weighted by molar-refractivity contribution is -0.119. The molecule has 1 heterocycles. The molecule has 1 fully saturated rings. The summed E-state index contributed by atoms with van der Waals surface area (Å²) in [6.45, 7) is 1.71. The first-order chi connectivity index (χ1) is 7.24. The summed E-state index contributed by atoms with van der Waals surface area (Å²) in [6, 6.07) is 8.23. The first-order valence-electron chi connectivity index (χ1n) is 5.32. The fourth-order valence-corrected chi connectivity index (χ4v) is 2.44. The van der Waals surface area contributed by atoms with Gasteiger partial charge in [0.15, 0.2) is 0 Å². The van der Waals surface area contributed by atoms with Crippen LogP contribution in [0.1, 0.15) is 25.3 Å². The second-order valence-electron chi connectivity index (χ2n) is 4.38. The molecule has 1 aromatic carbocycles. The van der Waals surface area contributed by atoms with Gasteiger partial charge in [0, 0.05) is 17.1 Å². The van der Waals surface area contributed by atoms with Gasteiger partial charge in [0.1, 0.15) is 5.78 Å². The molecule has 0 bridgehead atoms. The first kappa shape index (κ1) is 8.72. The number of rotatable bonds is 2. The molecule has 2 nitrogen and oxygen atoms in total. The largest absolute Gasteiger partial charge is 0.361 e. The summed E-state index contributed by atoms with van der Waals surface area (Å²) in [5.74, 6) is 0.302. The number of aromatic nitrogens is 1. The quantitative estimate of drug-likeness (QED) is 0.792. The number of benzene rings is 1. The van der Waals surface area contributed by atoms with E-state index in [1.165, 1.54) is 10.9 Å². The average molecular weight is 199 g/mol. The zero-order valence-electron chi connectivity index (χ0n) is 8.71. The first-order valence-corrected chi connectivity index (χ1v) is 5.32. The molecule has 0 radical (unpaired) electrons. The number of nitrogens with one attached hydrogen (secondary N) is 1. The Hall–Kier alpha value is -1.57. The van der Waals surface area contributed by atoms with Crippen LogP contribution in [-0.4, -0.2) is 10.8 Å². The Morgan fingerprint density at radius 1 is 1.33 bits per heavy atom. The van der Waals surface area contributed by atoms with Crippen molar-refractivity contribution in [3.63, 3.8) is 0 Å². The molecule has 1 aromatic heterocycles. The van der Waals surface area contributed by atoms with Crippen molar-refractivity contribution in [2.45, 2.75) is 25.2 Å². The van der Waals surface area contributed by atoms with E-state index in [1.54, 1.807) is 6.92 Å². The third-order valence-electron chi connectivity index (χ3n) is 3.53. The molecule has 1 aliphatic carbocycles. The minimum absolute atomic E-state index is 0.165. The molecule has 2 aromatic rings. The van der Waals surface area contributed by atoms with E-state index in [2.05, 4.69) is 23.2 Å². The third-order valence-corrected chi connectivity index (χ3v) is 3.53. The van der Waals surface area contributed by atoms with Gasteiger partial charge >= 0.3 is 0 Å². The predicted octanol–water partition coefficient (Wildman–Crippen LogP) is 2.79. The highest BCUT2D eigenvalue weighted by atomic mass is 16.1. The number of H-pyrrole nitrogens is 1. The number of hydrogen-bond donors (Lipinski definition) is 1. The second kappa shape index (κ2) is 2.72. The highest BCUT2D eigenvalue weighted by Gasteiger charge is 2.49. The van der Waals surface area contributed by atoms with Crippen molar-refractivity contribution in [1.29, 1.82) is 0 Å². The van der Waals surface area contributed by atoms with Crippen molar-refractivity contribution < 1.29 is 4.79 Å². The lowest BCUT2D eigenvalue weighted by Gasteiger charge is -2.12. The zero-order chi connectivity index (χ0) is 10.5. The molecule has 2 heteroatoms. The molecule has 0 amide bonds. The van der Waals surface area contributed by atoms with Gasteiger partial charge in [0.05, 0.1) is 5.41 Å². The minimum Gasteiger partial charge on any atom is -0.361 e. The molecule has 1 N–H and O–H groups in total. The predicted molar refractivity (Wildman–Crippen MR) is 59.9 cm³/mol. The lowest BCUT2D eigenvalue weighted by atomic mass is 9.89. The summed E-state index contributed by atoms with van der Waals surface area (Å²) >= 11 is 0. The molecule has 1 saturated carbocycles. The average Bonchev–Trinajstić information content (AvgIpc) is 2.89. The van der Waals surface area contributed by atoms with Crippen LogP contribution in [0.4, 0.5) is 0 Å². The number of hydrogen-bond acceptors (Lipinski definition) is 1. The van der Waals surface area contributed by atoms with Gasteiger partial charge in [-0.25, -0.2) is 0 Å². The van der Waals surface area contributed by atoms with Crippen LogP contribution in [0.2, 0.25) is 0 Å². The standard InChI is InChI=1S/C13H13NO/c1-9(15)13(6-7-13)11-3-2-4-12-10(11)5-8-14-12/h2-5,8,14H,6-7H2,1H3. The van der Waals surface area contributed by atoms with Gasteiger partial charge in [-0.2, -0.15) is 0 Å². The van der Waals surface area contributed by atoms with E-state index in [0.717, 1.165) is 18.4 Å². The molecule has 0 aliphatic heterocycles. The molecule has 3 rings (SSSR count). The third kappa shape index (κ3) is 1.08. The molecule has 0 spiro atoms. The van der Waals surface area contributed by atoms with E-state index in [0.29, 0.717) is 5.78 Å². The number of carbonyl (C=O) groups excluding carboxylic acids is 1. The number of aromatic amines is 1. The highest BCUT2D eigenvalue weighted by molar-refractivity contribution is 5.97. The zero-order valence-corrected chi connectivity index (χ0v) is 8.71. The normalized spacial score (nSPS) is 17.9. The Kier molecular flexibility index (Phi) is 1.58. The van der Waals surface area contributed by atoms with Gasteiger partial charge in [-0.15, -0.1) is 0 Å². The summed E-state index contributed by atoms with van der Waals surface area (Å²) in [4.78, 5) is 14.9. The van der Waals surface area contributed by atoms with Crippen LogP contribution < -0.4 is 0 Å². The SMILES string of the molecule is CC(=O)C1(c2cccc3[nH]ccc23)CC1. The molecule has 0 atom stereocenters. The van der Waals surface area contributed by atoms with E-state index in [1.807, 2.05) is 12.3 Å². The van der Waals surface area contributed by atoms with Crippen molar-refractivity contribution in [1.82, 2.24) is 4.98 Å². The van der Waals surface area contributed by atoms with Gasteiger partial charge in [0.2, 0.25) is 0 Å². The molecule has 15 heavy (non-hydrogen) atoms. The van der Waals surface area contributed by atoms with Crippen LogP contribution in [0.15, 0.2) is 30.5 Å². The molecular weight excluding hydrogens is 186 g/mol. The van der Waals surface area contributed by atoms with Gasteiger partial charge in [-0.3, -0.25) is 4.79 Å². The number of fused-ring (bicyclic) bond motifs is 1. The van der Waals surface area contributed by atoms with Crippen molar-refractivity contribution >= 4 is 16.7 Å². The Morgan fingerprint density at radius 2 is 2.13 bits per heavy atom. The summed E-state index contributed by atoms with van der Waals surface area (Å²) in [5.41, 5.74) is 2.16. The summed E-state index contributed by atoms with van der Waals surface area (Å²) < 4.78 is 0. The van der Waals surface area contributed by atoms with Crippen LogP contribution in [0.5, 0.6) is 0 Å². The van der Waals surface area contributed by atoms with Gasteiger partial charge in [-0.05, 0) is 37.5 Å². The second-order valence-corrected chi connectivity index (χ2v) is 4.38. The fraction of sp³-hybridized carbons (Fsp3) is 0.308. The number of carbonyl (C=O) groups is 1. The topological polar surface area (TPSA) is 32.9 Å². The molecular formula is C13H13NO. The maximum atomic E-state index is 11.7. The minimum atomic E-state index is -0.165. The Balaban J connectivity index is 2.27. The van der Waals surface area contributed by atoms with Crippen molar-refractivity contribution in [3.05, 3.63) is 36.0 Å². The van der Waals surface area contributed by atoms with E-state index < -0.39 is 0 Å². The number of ketones is 1. The van der Waals surface area contributed by atoms with E-state index in [9.17, 15) is 4.79 Å². The molecule has 0 unspecified atom stereocenters. The van der Waals surface area contributed by atoms with Crippen LogP contribution >= 0.6 is 0 Å². The monoisotopic (exact) mass is 199 g/mol. The van der Waals surface area contributed by atoms with E-state index in [-0.39, 0.29) is 5.41 Å². The fourth-order valence-electron chi connectivity index (χ4n) is 2.44.